The van der Waals surface area contributed by atoms with Crippen LogP contribution in [0.15, 0.2) is 60.0 Å². The zero-order valence-electron chi connectivity index (χ0n) is 14.7. The van der Waals surface area contributed by atoms with Crippen LogP contribution in [0.2, 0.25) is 0 Å². The van der Waals surface area contributed by atoms with Gasteiger partial charge in [-0.25, -0.2) is 4.98 Å². The van der Waals surface area contributed by atoms with Crippen molar-refractivity contribution < 1.29 is 9.59 Å². The Balaban J connectivity index is 1.57. The second-order valence-corrected chi connectivity index (χ2v) is 6.36. The molecule has 27 heavy (non-hydrogen) atoms. The molecule has 3 N–H and O–H groups in total. The number of hydrogen-bond donors (Lipinski definition) is 2. The quantitative estimate of drug-likeness (QED) is 0.736. The largest absolute Gasteiger partial charge is 0.368 e. The summed E-state index contributed by atoms with van der Waals surface area (Å²) in [5.74, 6) is -0.893. The standard InChI is InChI=1S/C19H18N6O2/c1-24-11-21-14-9-12(7-8-16(14)24)22-19(27)15-10-17(18(20)26)25(23-15)13-5-3-2-4-6-13/h2-9,11,17H,10H2,1H3,(H2,20,26)(H,22,27)/t17-/m0/s1. The molecule has 0 saturated heterocycles. The van der Waals surface area contributed by atoms with Gasteiger partial charge in [0.2, 0.25) is 5.91 Å². The number of hydrogen-bond acceptors (Lipinski definition) is 5. The van der Waals surface area contributed by atoms with Crippen molar-refractivity contribution in [2.75, 3.05) is 10.3 Å². The Bertz CT molecular complexity index is 1060. The minimum atomic E-state index is -0.688. The van der Waals surface area contributed by atoms with E-state index in [0.29, 0.717) is 11.4 Å². The molecule has 0 radical (unpaired) electrons. The summed E-state index contributed by atoms with van der Waals surface area (Å²) in [7, 11) is 1.91. The maximum absolute atomic E-state index is 12.7. The van der Waals surface area contributed by atoms with Gasteiger partial charge in [-0.1, -0.05) is 18.2 Å². The van der Waals surface area contributed by atoms with Crippen molar-refractivity contribution in [1.82, 2.24) is 9.55 Å². The lowest BCUT2D eigenvalue weighted by molar-refractivity contribution is -0.119. The molecule has 2 heterocycles. The van der Waals surface area contributed by atoms with Crippen molar-refractivity contribution >= 4 is 39.9 Å². The van der Waals surface area contributed by atoms with Crippen LogP contribution in [0.25, 0.3) is 11.0 Å². The number of carbonyl (C=O) groups excluding carboxylic acids is 2. The number of benzene rings is 2. The van der Waals surface area contributed by atoms with E-state index < -0.39 is 11.9 Å². The predicted molar refractivity (Wildman–Crippen MR) is 103 cm³/mol. The third-order valence-electron chi connectivity index (χ3n) is 4.50. The number of nitrogens with one attached hydrogen (secondary N) is 1. The maximum Gasteiger partial charge on any atom is 0.271 e. The van der Waals surface area contributed by atoms with Crippen molar-refractivity contribution in [2.24, 2.45) is 17.9 Å². The molecule has 2 amide bonds. The Morgan fingerprint density at radius 2 is 1.96 bits per heavy atom. The molecule has 0 unspecified atom stereocenters. The highest BCUT2D eigenvalue weighted by Crippen LogP contribution is 2.25. The Morgan fingerprint density at radius 1 is 1.19 bits per heavy atom. The lowest BCUT2D eigenvalue weighted by Gasteiger charge is -2.20. The molecule has 2 aromatic carbocycles. The number of primary amides is 1. The smallest absolute Gasteiger partial charge is 0.271 e. The summed E-state index contributed by atoms with van der Waals surface area (Å²) in [5, 5.41) is 8.66. The molecule has 0 aliphatic carbocycles. The first-order valence-electron chi connectivity index (χ1n) is 8.46. The number of amides is 2. The third kappa shape index (κ3) is 3.12. The molecule has 136 valence electrons. The number of fused-ring (bicyclic) bond motifs is 1. The van der Waals surface area contributed by atoms with E-state index in [2.05, 4.69) is 15.4 Å². The molecule has 1 aliphatic heterocycles. The Morgan fingerprint density at radius 3 is 2.70 bits per heavy atom. The van der Waals surface area contributed by atoms with Crippen LogP contribution >= 0.6 is 0 Å². The van der Waals surface area contributed by atoms with Crippen molar-refractivity contribution in [3.05, 3.63) is 54.9 Å². The molecular weight excluding hydrogens is 344 g/mol. The van der Waals surface area contributed by atoms with E-state index in [0.717, 1.165) is 11.0 Å². The topological polar surface area (TPSA) is 106 Å². The van der Waals surface area contributed by atoms with Gasteiger partial charge in [-0.05, 0) is 30.3 Å². The summed E-state index contributed by atoms with van der Waals surface area (Å²) < 4.78 is 1.90. The van der Waals surface area contributed by atoms with Crippen LogP contribution < -0.4 is 16.1 Å². The summed E-state index contributed by atoms with van der Waals surface area (Å²) in [6.07, 6.45) is 1.87. The van der Waals surface area contributed by atoms with Crippen LogP contribution in [-0.4, -0.2) is 33.1 Å². The molecule has 8 heteroatoms. The Kier molecular flexibility index (Phi) is 4.08. The normalized spacial score (nSPS) is 16.4. The highest BCUT2D eigenvalue weighted by atomic mass is 16.2. The number of anilines is 2. The van der Waals surface area contributed by atoms with Crippen LogP contribution in [0, 0.1) is 0 Å². The van der Waals surface area contributed by atoms with E-state index in [1.165, 1.54) is 5.01 Å². The van der Waals surface area contributed by atoms with E-state index in [9.17, 15) is 9.59 Å². The SMILES string of the molecule is Cn1cnc2cc(NC(=O)C3=NN(c4ccccc4)[C@H](C(N)=O)C3)ccc21. The summed E-state index contributed by atoms with van der Waals surface area (Å²) in [5.41, 5.74) is 8.83. The molecule has 8 nitrogen and oxygen atoms in total. The maximum atomic E-state index is 12.7. The van der Waals surface area contributed by atoms with Gasteiger partial charge in [-0.3, -0.25) is 14.6 Å². The van der Waals surface area contributed by atoms with Gasteiger partial charge in [0.25, 0.3) is 5.91 Å². The molecule has 0 bridgehead atoms. The number of carbonyl (C=O) groups is 2. The number of imidazole rings is 1. The number of rotatable bonds is 4. The van der Waals surface area contributed by atoms with Crippen molar-refractivity contribution in [3.63, 3.8) is 0 Å². The Labute approximate surface area is 155 Å². The summed E-state index contributed by atoms with van der Waals surface area (Å²) in [6.45, 7) is 0. The summed E-state index contributed by atoms with van der Waals surface area (Å²) in [4.78, 5) is 28.8. The highest BCUT2D eigenvalue weighted by molar-refractivity contribution is 6.44. The fourth-order valence-corrected chi connectivity index (χ4v) is 3.10. The lowest BCUT2D eigenvalue weighted by atomic mass is 10.1. The lowest BCUT2D eigenvalue weighted by Crippen LogP contribution is -2.39. The minimum absolute atomic E-state index is 0.155. The average Bonchev–Trinajstić information content (AvgIpc) is 3.27. The Hall–Kier alpha value is -3.68. The molecule has 3 aromatic rings. The van der Waals surface area contributed by atoms with E-state index in [-0.39, 0.29) is 18.0 Å². The van der Waals surface area contributed by atoms with Crippen LogP contribution in [0.4, 0.5) is 11.4 Å². The first-order valence-corrected chi connectivity index (χ1v) is 8.46. The van der Waals surface area contributed by atoms with E-state index in [1.54, 1.807) is 18.5 Å². The second-order valence-electron chi connectivity index (χ2n) is 6.36. The molecule has 0 saturated carbocycles. The van der Waals surface area contributed by atoms with Gasteiger partial charge >= 0.3 is 0 Å². The van der Waals surface area contributed by atoms with Crippen molar-refractivity contribution in [2.45, 2.75) is 12.5 Å². The number of nitrogens with two attached hydrogens (primary N) is 1. The van der Waals surface area contributed by atoms with E-state index >= 15 is 0 Å². The second kappa shape index (κ2) is 6.56. The highest BCUT2D eigenvalue weighted by Gasteiger charge is 2.34. The molecule has 1 aromatic heterocycles. The van der Waals surface area contributed by atoms with Crippen molar-refractivity contribution in [3.8, 4) is 0 Å². The van der Waals surface area contributed by atoms with Crippen LogP contribution in [0.3, 0.4) is 0 Å². The van der Waals surface area contributed by atoms with E-state index in [1.807, 2.05) is 48.0 Å². The average molecular weight is 362 g/mol. The zero-order valence-corrected chi connectivity index (χ0v) is 14.7. The van der Waals surface area contributed by atoms with E-state index in [4.69, 9.17) is 5.73 Å². The molecule has 4 rings (SSSR count). The first-order chi connectivity index (χ1) is 13.0. The van der Waals surface area contributed by atoms with Gasteiger partial charge in [-0.2, -0.15) is 5.10 Å². The van der Waals surface area contributed by atoms with Gasteiger partial charge in [0.1, 0.15) is 11.8 Å². The zero-order chi connectivity index (χ0) is 19.0. The number of aryl methyl sites for hydroxylation is 1. The fourth-order valence-electron chi connectivity index (χ4n) is 3.10. The number of aromatic nitrogens is 2. The van der Waals surface area contributed by atoms with Crippen LogP contribution in [-0.2, 0) is 16.6 Å². The molecular formula is C19H18N6O2. The van der Waals surface area contributed by atoms with Crippen LogP contribution in [0.1, 0.15) is 6.42 Å². The number of nitrogens with zero attached hydrogens (tertiary/aromatic N) is 4. The van der Waals surface area contributed by atoms with Gasteiger partial charge in [0.15, 0.2) is 0 Å². The minimum Gasteiger partial charge on any atom is -0.368 e. The molecule has 0 fully saturated rings. The first kappa shape index (κ1) is 16.8. The van der Waals surface area contributed by atoms with Crippen molar-refractivity contribution in [1.29, 1.82) is 0 Å². The van der Waals surface area contributed by atoms with Gasteiger partial charge in [0.05, 0.1) is 23.0 Å². The molecule has 1 atom stereocenters. The van der Waals surface area contributed by atoms with Gasteiger partial charge in [0, 0.05) is 19.2 Å². The van der Waals surface area contributed by atoms with Gasteiger partial charge in [-0.15, -0.1) is 0 Å². The molecule has 0 spiro atoms. The number of para-hydroxylation sites is 1. The number of hydrazone groups is 1. The monoisotopic (exact) mass is 362 g/mol. The predicted octanol–water partition coefficient (Wildman–Crippen LogP) is 1.63. The molecule has 1 aliphatic rings. The van der Waals surface area contributed by atoms with Crippen LogP contribution in [0.5, 0.6) is 0 Å². The summed E-state index contributed by atoms with van der Waals surface area (Å²) >= 11 is 0. The fraction of sp³-hybridized carbons (Fsp3) is 0.158. The summed E-state index contributed by atoms with van der Waals surface area (Å²) in [6, 6.07) is 14.0. The van der Waals surface area contributed by atoms with Gasteiger partial charge < -0.3 is 15.6 Å². The third-order valence-corrected chi connectivity index (χ3v) is 4.50.